The van der Waals surface area contributed by atoms with Crippen LogP contribution in [0.4, 0.5) is 0 Å². The summed E-state index contributed by atoms with van der Waals surface area (Å²) in [6, 6.07) is 0. The van der Waals surface area contributed by atoms with Crippen LogP contribution in [0.3, 0.4) is 0 Å². The number of carboxylic acids is 1. The minimum atomic E-state index is -0.990. The molecular formula is C11H17N3O3S. The minimum Gasteiger partial charge on any atom is -0.480 e. The van der Waals surface area contributed by atoms with Gasteiger partial charge in [0.25, 0.3) is 0 Å². The van der Waals surface area contributed by atoms with Gasteiger partial charge in [-0.05, 0) is 0 Å². The zero-order valence-corrected chi connectivity index (χ0v) is 11.2. The van der Waals surface area contributed by atoms with Crippen LogP contribution in [0.5, 0.6) is 0 Å². The summed E-state index contributed by atoms with van der Waals surface area (Å²) in [5.74, 6) is -1.20. The zero-order chi connectivity index (χ0) is 13.7. The maximum Gasteiger partial charge on any atom is 0.317 e. The second kappa shape index (κ2) is 6.46. The number of hydrogen-bond donors (Lipinski definition) is 2. The van der Waals surface area contributed by atoms with Gasteiger partial charge >= 0.3 is 5.97 Å². The van der Waals surface area contributed by atoms with Crippen LogP contribution in [0, 0.1) is 0 Å². The Hall–Kier alpha value is -1.47. The number of thiazole rings is 1. The zero-order valence-electron chi connectivity index (χ0n) is 10.4. The van der Waals surface area contributed by atoms with E-state index in [9.17, 15) is 9.59 Å². The first kappa shape index (κ1) is 14.6. The van der Waals surface area contributed by atoms with Crippen LogP contribution < -0.4 is 5.73 Å². The van der Waals surface area contributed by atoms with E-state index in [1.807, 2.05) is 19.2 Å². The third-order valence-electron chi connectivity index (χ3n) is 2.19. The van der Waals surface area contributed by atoms with Crippen molar-refractivity contribution in [3.63, 3.8) is 0 Å². The van der Waals surface area contributed by atoms with Gasteiger partial charge in [-0.25, -0.2) is 4.98 Å². The van der Waals surface area contributed by atoms with Crippen LogP contribution in [0.2, 0.25) is 0 Å². The topological polar surface area (TPSA) is 96.5 Å². The molecule has 6 nitrogen and oxygen atoms in total. The van der Waals surface area contributed by atoms with E-state index in [0.717, 1.165) is 10.7 Å². The van der Waals surface area contributed by atoms with Crippen molar-refractivity contribution in [1.82, 2.24) is 9.88 Å². The predicted octanol–water partition coefficient (Wildman–Crippen LogP) is 0.638. The van der Waals surface area contributed by atoms with E-state index in [1.165, 1.54) is 16.2 Å². The van der Waals surface area contributed by atoms with Gasteiger partial charge in [-0.2, -0.15) is 0 Å². The molecule has 0 radical (unpaired) electrons. The van der Waals surface area contributed by atoms with Crippen molar-refractivity contribution in [2.45, 2.75) is 26.3 Å². The Balaban J connectivity index is 2.68. The maximum atomic E-state index is 10.9. The summed E-state index contributed by atoms with van der Waals surface area (Å²) in [5, 5.41) is 11.6. The van der Waals surface area contributed by atoms with E-state index in [0.29, 0.717) is 12.5 Å². The molecule has 7 heteroatoms. The summed E-state index contributed by atoms with van der Waals surface area (Å²) in [4.78, 5) is 27.4. The molecule has 0 unspecified atom stereocenters. The van der Waals surface area contributed by atoms with E-state index in [1.54, 1.807) is 0 Å². The molecule has 0 aromatic carbocycles. The highest BCUT2D eigenvalue weighted by Crippen LogP contribution is 2.19. The third kappa shape index (κ3) is 4.80. The number of carbonyl (C=O) groups is 2. The molecule has 0 fully saturated rings. The molecule has 1 rings (SSSR count). The highest BCUT2D eigenvalue weighted by molar-refractivity contribution is 7.09. The summed E-state index contributed by atoms with van der Waals surface area (Å²) >= 11 is 1.54. The number of rotatable bonds is 7. The lowest BCUT2D eigenvalue weighted by molar-refractivity contribution is -0.138. The Morgan fingerprint density at radius 2 is 2.17 bits per heavy atom. The van der Waals surface area contributed by atoms with E-state index < -0.39 is 11.9 Å². The van der Waals surface area contributed by atoms with Gasteiger partial charge in [0.15, 0.2) is 0 Å². The number of carbonyl (C=O) groups excluding carboxylic acids is 1. The van der Waals surface area contributed by atoms with Crippen LogP contribution >= 0.6 is 11.3 Å². The Morgan fingerprint density at radius 1 is 1.50 bits per heavy atom. The normalized spacial score (nSPS) is 11.1. The van der Waals surface area contributed by atoms with E-state index >= 15 is 0 Å². The molecule has 3 N–H and O–H groups in total. The molecule has 100 valence electrons. The quantitative estimate of drug-likeness (QED) is 0.758. The number of primary amides is 1. The molecule has 0 aliphatic rings. The second-order valence-electron chi connectivity index (χ2n) is 4.34. The summed E-state index contributed by atoms with van der Waals surface area (Å²) in [6.07, 6.45) is 0. The van der Waals surface area contributed by atoms with Crippen molar-refractivity contribution < 1.29 is 14.7 Å². The molecule has 0 saturated heterocycles. The molecule has 0 bridgehead atoms. The van der Waals surface area contributed by atoms with Crippen LogP contribution in [-0.2, 0) is 16.1 Å². The molecule has 0 saturated carbocycles. The molecule has 0 atom stereocenters. The number of hydrogen-bond acceptors (Lipinski definition) is 5. The molecule has 0 spiro atoms. The smallest absolute Gasteiger partial charge is 0.317 e. The van der Waals surface area contributed by atoms with Crippen molar-refractivity contribution in [3.8, 4) is 0 Å². The fourth-order valence-corrected chi connectivity index (χ4v) is 2.30. The second-order valence-corrected chi connectivity index (χ2v) is 5.23. The van der Waals surface area contributed by atoms with Crippen molar-refractivity contribution in [2.24, 2.45) is 5.73 Å². The van der Waals surface area contributed by atoms with Crippen LogP contribution in [0.25, 0.3) is 0 Å². The van der Waals surface area contributed by atoms with Gasteiger partial charge < -0.3 is 10.8 Å². The Morgan fingerprint density at radius 3 is 2.61 bits per heavy atom. The summed E-state index contributed by atoms with van der Waals surface area (Å²) in [7, 11) is 0. The molecule has 0 aliphatic carbocycles. The monoisotopic (exact) mass is 271 g/mol. The van der Waals surface area contributed by atoms with Gasteiger partial charge in [0, 0.05) is 17.8 Å². The Bertz CT molecular complexity index is 415. The molecule has 0 aliphatic heterocycles. The lowest BCUT2D eigenvalue weighted by Gasteiger charge is -2.16. The lowest BCUT2D eigenvalue weighted by atomic mass is 10.2. The molecule has 1 aromatic heterocycles. The van der Waals surface area contributed by atoms with E-state index in [-0.39, 0.29) is 13.1 Å². The minimum absolute atomic E-state index is 0.0825. The largest absolute Gasteiger partial charge is 0.480 e. The van der Waals surface area contributed by atoms with Gasteiger partial charge in [0.1, 0.15) is 0 Å². The number of aromatic nitrogens is 1. The number of aliphatic carboxylic acids is 1. The van der Waals surface area contributed by atoms with Crippen LogP contribution in [-0.4, -0.2) is 40.0 Å². The summed E-state index contributed by atoms with van der Waals surface area (Å²) in [6.45, 7) is 4.10. The van der Waals surface area contributed by atoms with E-state index in [4.69, 9.17) is 10.8 Å². The fourth-order valence-electron chi connectivity index (χ4n) is 1.47. The Kier molecular flexibility index (Phi) is 5.24. The lowest BCUT2D eigenvalue weighted by Crippen LogP contribution is -2.36. The maximum absolute atomic E-state index is 10.9. The van der Waals surface area contributed by atoms with E-state index in [2.05, 4.69) is 4.98 Å². The highest BCUT2D eigenvalue weighted by atomic mass is 32.1. The predicted molar refractivity (Wildman–Crippen MR) is 68.3 cm³/mol. The number of carboxylic acid groups (broad SMARTS) is 1. The first-order valence-electron chi connectivity index (χ1n) is 5.55. The van der Waals surface area contributed by atoms with Gasteiger partial charge in [0.2, 0.25) is 5.91 Å². The standard InChI is InChI=1S/C11H17N3O3S/c1-7(2)11-13-8(6-18-11)3-14(4-9(12)15)5-10(16)17/h6-7H,3-5H2,1-2H3,(H2,12,15)(H,16,17). The average Bonchev–Trinajstić information content (AvgIpc) is 2.63. The van der Waals surface area contributed by atoms with Gasteiger partial charge in [-0.1, -0.05) is 13.8 Å². The molecular weight excluding hydrogens is 254 g/mol. The number of nitrogens with two attached hydrogens (primary N) is 1. The highest BCUT2D eigenvalue weighted by Gasteiger charge is 2.15. The van der Waals surface area contributed by atoms with Gasteiger partial charge in [-0.15, -0.1) is 11.3 Å². The van der Waals surface area contributed by atoms with Crippen molar-refractivity contribution in [2.75, 3.05) is 13.1 Å². The molecule has 18 heavy (non-hydrogen) atoms. The molecule has 1 amide bonds. The first-order chi connectivity index (χ1) is 8.38. The summed E-state index contributed by atoms with van der Waals surface area (Å²) in [5.41, 5.74) is 5.85. The van der Waals surface area contributed by atoms with Crippen molar-refractivity contribution in [1.29, 1.82) is 0 Å². The van der Waals surface area contributed by atoms with Crippen LogP contribution in [0.15, 0.2) is 5.38 Å². The number of nitrogens with zero attached hydrogens (tertiary/aromatic N) is 2. The van der Waals surface area contributed by atoms with Gasteiger partial charge in [0.05, 0.1) is 23.8 Å². The Labute approximate surface area is 109 Å². The summed E-state index contributed by atoms with van der Waals surface area (Å²) < 4.78 is 0. The number of amides is 1. The van der Waals surface area contributed by atoms with Gasteiger partial charge in [-0.3, -0.25) is 14.5 Å². The molecule has 1 heterocycles. The molecule has 1 aromatic rings. The van der Waals surface area contributed by atoms with Crippen LogP contribution in [0.1, 0.15) is 30.5 Å². The first-order valence-corrected chi connectivity index (χ1v) is 6.43. The van der Waals surface area contributed by atoms with Crippen molar-refractivity contribution >= 4 is 23.2 Å². The third-order valence-corrected chi connectivity index (χ3v) is 3.38. The van der Waals surface area contributed by atoms with Crippen molar-refractivity contribution in [3.05, 3.63) is 16.1 Å². The fraction of sp³-hybridized carbons (Fsp3) is 0.545. The SMILES string of the molecule is CC(C)c1nc(CN(CC(N)=O)CC(=O)O)cs1. The average molecular weight is 271 g/mol.